The van der Waals surface area contributed by atoms with E-state index in [1.54, 1.807) is 12.5 Å². The van der Waals surface area contributed by atoms with Gasteiger partial charge in [0.25, 0.3) is 0 Å². The molecule has 7 heteroatoms. The Morgan fingerprint density at radius 1 is 1.03 bits per heavy atom. The van der Waals surface area contributed by atoms with Gasteiger partial charge in [0.05, 0.1) is 18.2 Å². The second kappa shape index (κ2) is 8.59. The van der Waals surface area contributed by atoms with Crippen molar-refractivity contribution in [3.8, 4) is 0 Å². The van der Waals surface area contributed by atoms with Crippen molar-refractivity contribution in [1.29, 1.82) is 0 Å². The summed E-state index contributed by atoms with van der Waals surface area (Å²) in [6, 6.07) is 8.05. The van der Waals surface area contributed by atoms with Crippen LogP contribution in [0.15, 0.2) is 43.0 Å². The number of benzene rings is 1. The molecule has 1 saturated carbocycles. The molecule has 0 bridgehead atoms. The van der Waals surface area contributed by atoms with Crippen LogP contribution in [0.2, 0.25) is 0 Å². The van der Waals surface area contributed by atoms with Crippen LogP contribution < -0.4 is 5.32 Å². The van der Waals surface area contributed by atoms with Gasteiger partial charge in [-0.1, -0.05) is 37.1 Å². The topological polar surface area (TPSA) is 84.3 Å². The number of imide groups is 1. The van der Waals surface area contributed by atoms with Gasteiger partial charge in [0.2, 0.25) is 17.7 Å². The first-order valence-electron chi connectivity index (χ1n) is 10.3. The third-order valence-electron chi connectivity index (χ3n) is 5.93. The first-order valence-corrected chi connectivity index (χ1v) is 10.3. The van der Waals surface area contributed by atoms with E-state index in [1.165, 1.54) is 4.90 Å². The summed E-state index contributed by atoms with van der Waals surface area (Å²) in [5.41, 5.74) is 2.16. The summed E-state index contributed by atoms with van der Waals surface area (Å²) >= 11 is 0. The van der Waals surface area contributed by atoms with E-state index in [9.17, 15) is 14.4 Å². The van der Waals surface area contributed by atoms with Crippen LogP contribution in [0.4, 0.5) is 0 Å². The fourth-order valence-electron chi connectivity index (χ4n) is 4.31. The third kappa shape index (κ3) is 4.39. The average Bonchev–Trinajstić information content (AvgIpc) is 3.33. The smallest absolute Gasteiger partial charge is 0.233 e. The highest BCUT2D eigenvalue weighted by Crippen LogP contribution is 2.37. The van der Waals surface area contributed by atoms with E-state index in [0.717, 1.165) is 43.4 Å². The van der Waals surface area contributed by atoms with E-state index in [2.05, 4.69) is 10.3 Å². The van der Waals surface area contributed by atoms with Gasteiger partial charge in [0, 0.05) is 38.4 Å². The molecule has 3 amide bonds. The molecule has 1 aromatic carbocycles. The molecule has 1 aromatic heterocycles. The van der Waals surface area contributed by atoms with Gasteiger partial charge in [0.1, 0.15) is 0 Å². The largest absolute Gasteiger partial charge is 0.352 e. The molecule has 1 saturated heterocycles. The zero-order valence-electron chi connectivity index (χ0n) is 16.4. The maximum absolute atomic E-state index is 12.5. The molecule has 152 valence electrons. The quantitative estimate of drug-likeness (QED) is 0.729. The van der Waals surface area contributed by atoms with Crippen molar-refractivity contribution in [3.63, 3.8) is 0 Å². The molecule has 29 heavy (non-hydrogen) atoms. The lowest BCUT2D eigenvalue weighted by Crippen LogP contribution is -2.35. The number of likely N-dealkylation sites (tertiary alicyclic amines) is 1. The van der Waals surface area contributed by atoms with Gasteiger partial charge in [-0.25, -0.2) is 4.98 Å². The predicted octanol–water partition coefficient (Wildman–Crippen LogP) is 2.11. The summed E-state index contributed by atoms with van der Waals surface area (Å²) in [6.07, 6.45) is 9.21. The van der Waals surface area contributed by atoms with E-state index in [-0.39, 0.29) is 42.5 Å². The Morgan fingerprint density at radius 3 is 2.31 bits per heavy atom. The molecule has 2 aliphatic rings. The van der Waals surface area contributed by atoms with E-state index < -0.39 is 0 Å². The highest BCUT2D eigenvalue weighted by molar-refractivity contribution is 6.05. The molecule has 1 aliphatic heterocycles. The predicted molar refractivity (Wildman–Crippen MR) is 106 cm³/mol. The second-order valence-corrected chi connectivity index (χ2v) is 7.90. The van der Waals surface area contributed by atoms with Gasteiger partial charge in [-0.05, 0) is 24.0 Å². The van der Waals surface area contributed by atoms with Crippen LogP contribution in [-0.2, 0) is 27.5 Å². The maximum atomic E-state index is 12.5. The number of imidazole rings is 1. The Hall–Kier alpha value is -2.96. The number of nitrogens with zero attached hydrogens (tertiary/aromatic N) is 3. The van der Waals surface area contributed by atoms with Gasteiger partial charge >= 0.3 is 0 Å². The van der Waals surface area contributed by atoms with Gasteiger partial charge < -0.3 is 9.88 Å². The summed E-state index contributed by atoms with van der Waals surface area (Å²) < 4.78 is 1.99. The SMILES string of the molecule is O=C(CCN1C(=O)C2CCCCC2C1=O)NCc1ccc(Cn2ccnc2)cc1. The number of hydrogen-bond donors (Lipinski definition) is 1. The highest BCUT2D eigenvalue weighted by Gasteiger charge is 2.47. The first kappa shape index (κ1) is 19.4. The lowest BCUT2D eigenvalue weighted by molar-refractivity contribution is -0.140. The molecule has 7 nitrogen and oxygen atoms in total. The molecule has 1 aliphatic carbocycles. The minimum Gasteiger partial charge on any atom is -0.352 e. The average molecular weight is 394 g/mol. The number of hydrogen-bond acceptors (Lipinski definition) is 4. The van der Waals surface area contributed by atoms with Crippen LogP contribution in [0.1, 0.15) is 43.2 Å². The van der Waals surface area contributed by atoms with Crippen molar-refractivity contribution in [2.45, 2.75) is 45.2 Å². The minimum atomic E-state index is -0.153. The van der Waals surface area contributed by atoms with Crippen LogP contribution in [0.3, 0.4) is 0 Å². The molecule has 2 aromatic rings. The fraction of sp³-hybridized carbons (Fsp3) is 0.455. The van der Waals surface area contributed by atoms with Crippen LogP contribution >= 0.6 is 0 Å². The van der Waals surface area contributed by atoms with Gasteiger partial charge in [-0.2, -0.15) is 0 Å². The number of rotatable bonds is 7. The van der Waals surface area contributed by atoms with Crippen LogP contribution in [-0.4, -0.2) is 38.7 Å². The summed E-state index contributed by atoms with van der Waals surface area (Å²) in [5, 5.41) is 2.88. The number of fused-ring (bicyclic) bond motifs is 1. The zero-order chi connectivity index (χ0) is 20.2. The van der Waals surface area contributed by atoms with Crippen LogP contribution in [0.5, 0.6) is 0 Å². The molecular weight excluding hydrogens is 368 g/mol. The van der Waals surface area contributed by atoms with Gasteiger partial charge in [-0.3, -0.25) is 19.3 Å². The molecular formula is C22H26N4O3. The number of aromatic nitrogens is 2. The summed E-state index contributed by atoms with van der Waals surface area (Å²) in [4.78, 5) is 42.5. The Bertz CT molecular complexity index is 852. The number of carbonyl (C=O) groups is 3. The maximum Gasteiger partial charge on any atom is 0.233 e. The van der Waals surface area contributed by atoms with Crippen molar-refractivity contribution in [2.24, 2.45) is 11.8 Å². The Labute approximate surface area is 170 Å². The van der Waals surface area contributed by atoms with Crippen molar-refractivity contribution >= 4 is 17.7 Å². The number of carbonyl (C=O) groups excluding carboxylic acids is 3. The second-order valence-electron chi connectivity index (χ2n) is 7.90. The minimum absolute atomic E-state index is 0.0824. The van der Waals surface area contributed by atoms with E-state index in [1.807, 2.05) is 35.0 Å². The fourth-order valence-corrected chi connectivity index (χ4v) is 4.31. The van der Waals surface area contributed by atoms with Gasteiger partial charge in [0.15, 0.2) is 0 Å². The zero-order valence-corrected chi connectivity index (χ0v) is 16.4. The third-order valence-corrected chi connectivity index (χ3v) is 5.93. The van der Waals surface area contributed by atoms with E-state index in [0.29, 0.717) is 6.54 Å². The van der Waals surface area contributed by atoms with Gasteiger partial charge in [-0.15, -0.1) is 0 Å². The molecule has 0 spiro atoms. The summed E-state index contributed by atoms with van der Waals surface area (Å²) in [6.45, 7) is 1.37. The molecule has 2 heterocycles. The Kier molecular flexibility index (Phi) is 5.74. The van der Waals surface area contributed by atoms with E-state index >= 15 is 0 Å². The first-order chi connectivity index (χ1) is 14.1. The summed E-state index contributed by atoms with van der Waals surface area (Å²) in [5.74, 6) is -0.620. The number of amides is 3. The van der Waals surface area contributed by atoms with E-state index in [4.69, 9.17) is 0 Å². The van der Waals surface area contributed by atoms with Crippen molar-refractivity contribution in [3.05, 3.63) is 54.1 Å². The van der Waals surface area contributed by atoms with Crippen LogP contribution in [0.25, 0.3) is 0 Å². The van der Waals surface area contributed by atoms with Crippen molar-refractivity contribution < 1.29 is 14.4 Å². The normalized spacial score (nSPS) is 21.3. The van der Waals surface area contributed by atoms with Crippen molar-refractivity contribution in [2.75, 3.05) is 6.54 Å². The summed E-state index contributed by atoms with van der Waals surface area (Å²) in [7, 11) is 0. The Balaban J connectivity index is 1.23. The monoisotopic (exact) mass is 394 g/mol. The Morgan fingerprint density at radius 2 is 1.69 bits per heavy atom. The highest BCUT2D eigenvalue weighted by atomic mass is 16.2. The number of nitrogens with one attached hydrogen (secondary N) is 1. The molecule has 0 radical (unpaired) electrons. The standard InChI is InChI=1S/C22H26N4O3/c27-20(9-11-26-21(28)18-3-1-2-4-19(18)22(26)29)24-13-16-5-7-17(8-6-16)14-25-12-10-23-15-25/h5-8,10,12,15,18-19H,1-4,9,11,13-14H2,(H,24,27). The van der Waals surface area contributed by atoms with Crippen LogP contribution in [0, 0.1) is 11.8 Å². The van der Waals surface area contributed by atoms with Crippen molar-refractivity contribution in [1.82, 2.24) is 19.8 Å². The molecule has 2 unspecified atom stereocenters. The lowest BCUT2D eigenvalue weighted by Gasteiger charge is -2.19. The lowest BCUT2D eigenvalue weighted by atomic mass is 9.81. The molecule has 2 atom stereocenters. The molecule has 1 N–H and O–H groups in total. The molecule has 4 rings (SSSR count). The molecule has 2 fully saturated rings.